The van der Waals surface area contributed by atoms with E-state index < -0.39 is 0 Å². The Labute approximate surface area is 240 Å². The third kappa shape index (κ3) is 7.89. The Balaban J connectivity index is 1.24. The van der Waals surface area contributed by atoms with Gasteiger partial charge in [0.1, 0.15) is 0 Å². The highest BCUT2D eigenvalue weighted by atomic mass is 16.6. The lowest BCUT2D eigenvalue weighted by Crippen LogP contribution is -2.53. The summed E-state index contributed by atoms with van der Waals surface area (Å²) in [7, 11) is 0. The van der Waals surface area contributed by atoms with Crippen LogP contribution in [0.15, 0.2) is 121 Å². The minimum atomic E-state index is 0.0209. The van der Waals surface area contributed by atoms with E-state index in [2.05, 4.69) is 145 Å². The third-order valence-corrected chi connectivity index (χ3v) is 8.09. The van der Waals surface area contributed by atoms with Crippen LogP contribution >= 0.6 is 0 Å². The van der Waals surface area contributed by atoms with E-state index in [-0.39, 0.29) is 24.3 Å². The Morgan fingerprint density at radius 3 is 0.950 bits per heavy atom. The monoisotopic (exact) mass is 534 g/mol. The first-order chi connectivity index (χ1) is 19.7. The van der Waals surface area contributed by atoms with E-state index in [9.17, 15) is 0 Å². The van der Waals surface area contributed by atoms with Gasteiger partial charge >= 0.3 is 0 Å². The normalized spacial score (nSPS) is 19.0. The first kappa shape index (κ1) is 28.3. The second kappa shape index (κ2) is 14.4. The number of rotatable bonds is 12. The summed E-state index contributed by atoms with van der Waals surface area (Å²) in [6, 6.07) is 43.3. The summed E-state index contributed by atoms with van der Waals surface area (Å²) in [6.45, 7) is 9.25. The van der Waals surface area contributed by atoms with Crippen LogP contribution in [0.2, 0.25) is 0 Å². The van der Waals surface area contributed by atoms with Crippen LogP contribution in [0.5, 0.6) is 0 Å². The highest BCUT2D eigenvalue weighted by Crippen LogP contribution is 2.24. The van der Waals surface area contributed by atoms with Gasteiger partial charge in [-0.2, -0.15) is 0 Å². The molecule has 4 atom stereocenters. The number of hydrogen-bond acceptors (Lipinski definition) is 4. The summed E-state index contributed by atoms with van der Waals surface area (Å²) < 4.78 is 13.2. The van der Waals surface area contributed by atoms with Crippen LogP contribution in [-0.4, -0.2) is 47.3 Å². The Morgan fingerprint density at radius 2 is 0.725 bits per heavy atom. The summed E-state index contributed by atoms with van der Waals surface area (Å²) in [5, 5.41) is 0. The zero-order valence-electron chi connectivity index (χ0n) is 23.8. The SMILES string of the molecule is C[C@@H]([C@@H]1CO[C@H]([C@H](C)N(Cc2ccccc2)Cc2ccccc2)CO1)N(Cc1ccccc1)Cc1ccccc1. The topological polar surface area (TPSA) is 24.9 Å². The molecule has 1 aliphatic heterocycles. The van der Waals surface area contributed by atoms with Crippen molar-refractivity contribution in [2.24, 2.45) is 0 Å². The van der Waals surface area contributed by atoms with Crippen molar-refractivity contribution in [3.63, 3.8) is 0 Å². The van der Waals surface area contributed by atoms with Gasteiger partial charge in [0.05, 0.1) is 25.4 Å². The quantitative estimate of drug-likeness (QED) is 0.196. The molecule has 5 rings (SSSR count). The van der Waals surface area contributed by atoms with Gasteiger partial charge in [0.15, 0.2) is 0 Å². The second-order valence-corrected chi connectivity index (χ2v) is 11.0. The molecule has 0 aromatic heterocycles. The lowest BCUT2D eigenvalue weighted by molar-refractivity contribution is -0.172. The van der Waals surface area contributed by atoms with Crippen molar-refractivity contribution in [2.45, 2.75) is 64.3 Å². The molecule has 1 fully saturated rings. The Morgan fingerprint density at radius 1 is 0.475 bits per heavy atom. The third-order valence-electron chi connectivity index (χ3n) is 8.09. The van der Waals surface area contributed by atoms with Gasteiger partial charge in [-0.15, -0.1) is 0 Å². The van der Waals surface area contributed by atoms with Crippen LogP contribution in [0.4, 0.5) is 0 Å². The van der Waals surface area contributed by atoms with E-state index in [4.69, 9.17) is 9.47 Å². The molecule has 0 amide bonds. The maximum absolute atomic E-state index is 6.59. The number of ether oxygens (including phenoxy) is 2. The molecule has 1 saturated heterocycles. The minimum absolute atomic E-state index is 0.0209. The molecule has 208 valence electrons. The van der Waals surface area contributed by atoms with E-state index in [0.717, 1.165) is 26.2 Å². The molecular weight excluding hydrogens is 492 g/mol. The van der Waals surface area contributed by atoms with Gasteiger partial charge in [-0.25, -0.2) is 0 Å². The van der Waals surface area contributed by atoms with Crippen molar-refractivity contribution in [1.82, 2.24) is 9.80 Å². The molecule has 40 heavy (non-hydrogen) atoms. The molecular formula is C36H42N2O2. The van der Waals surface area contributed by atoms with Crippen molar-refractivity contribution < 1.29 is 9.47 Å². The van der Waals surface area contributed by atoms with Gasteiger partial charge in [-0.1, -0.05) is 121 Å². The molecule has 4 heteroatoms. The standard InChI is InChI=1S/C36H42N2O2/c1-29(37(23-31-15-7-3-8-16-31)24-32-17-9-4-10-18-32)35-27-40-36(28-39-35)30(2)38(25-33-19-11-5-12-20-33)26-34-21-13-6-14-22-34/h3-22,29-30,35-36H,23-28H2,1-2H3/t29-,30-,35-,36-/m0/s1. The molecule has 4 aromatic carbocycles. The Kier molecular flexibility index (Phi) is 10.2. The molecule has 4 nitrogen and oxygen atoms in total. The van der Waals surface area contributed by atoms with E-state index in [1.807, 2.05) is 0 Å². The number of nitrogens with zero attached hydrogens (tertiary/aromatic N) is 2. The first-order valence-corrected chi connectivity index (χ1v) is 14.5. The van der Waals surface area contributed by atoms with Gasteiger partial charge in [-0.05, 0) is 36.1 Å². The predicted molar refractivity (Wildman–Crippen MR) is 163 cm³/mol. The van der Waals surface area contributed by atoms with Gasteiger partial charge in [0.25, 0.3) is 0 Å². The van der Waals surface area contributed by atoms with Crippen molar-refractivity contribution in [3.05, 3.63) is 144 Å². The summed E-state index contributed by atoms with van der Waals surface area (Å²) in [4.78, 5) is 5.03. The minimum Gasteiger partial charge on any atom is -0.371 e. The largest absolute Gasteiger partial charge is 0.371 e. The van der Waals surface area contributed by atoms with E-state index in [1.165, 1.54) is 22.3 Å². The molecule has 0 saturated carbocycles. The zero-order valence-corrected chi connectivity index (χ0v) is 23.8. The van der Waals surface area contributed by atoms with Crippen LogP contribution in [0, 0.1) is 0 Å². The summed E-state index contributed by atoms with van der Waals surface area (Å²) in [6.07, 6.45) is 0.0418. The first-order valence-electron chi connectivity index (χ1n) is 14.5. The molecule has 1 aliphatic rings. The number of hydrogen-bond donors (Lipinski definition) is 0. The summed E-state index contributed by atoms with van der Waals surface area (Å²) in [5.41, 5.74) is 5.24. The highest BCUT2D eigenvalue weighted by Gasteiger charge is 2.34. The van der Waals surface area contributed by atoms with E-state index in [1.54, 1.807) is 0 Å². The fraction of sp³-hybridized carbons (Fsp3) is 0.333. The molecule has 0 aliphatic carbocycles. The van der Waals surface area contributed by atoms with Crippen molar-refractivity contribution in [3.8, 4) is 0 Å². The van der Waals surface area contributed by atoms with Crippen LogP contribution < -0.4 is 0 Å². The fourth-order valence-electron chi connectivity index (χ4n) is 5.52. The number of benzene rings is 4. The van der Waals surface area contributed by atoms with Crippen LogP contribution in [0.1, 0.15) is 36.1 Å². The van der Waals surface area contributed by atoms with Crippen molar-refractivity contribution >= 4 is 0 Å². The molecule has 0 spiro atoms. The predicted octanol–water partition coefficient (Wildman–Crippen LogP) is 6.95. The molecule has 0 N–H and O–H groups in total. The highest BCUT2D eigenvalue weighted by molar-refractivity contribution is 5.19. The van der Waals surface area contributed by atoms with E-state index >= 15 is 0 Å². The second-order valence-electron chi connectivity index (χ2n) is 11.0. The smallest absolute Gasteiger partial charge is 0.0962 e. The van der Waals surface area contributed by atoms with Crippen molar-refractivity contribution in [2.75, 3.05) is 13.2 Å². The summed E-state index contributed by atoms with van der Waals surface area (Å²) in [5.74, 6) is 0. The van der Waals surface area contributed by atoms with Crippen molar-refractivity contribution in [1.29, 1.82) is 0 Å². The average molecular weight is 535 g/mol. The average Bonchev–Trinajstić information content (AvgIpc) is 3.02. The molecule has 0 bridgehead atoms. The van der Waals surface area contributed by atoms with Gasteiger partial charge in [0, 0.05) is 38.3 Å². The van der Waals surface area contributed by atoms with Gasteiger partial charge in [-0.3, -0.25) is 9.80 Å². The molecule has 0 radical (unpaired) electrons. The van der Waals surface area contributed by atoms with Crippen LogP contribution in [0.25, 0.3) is 0 Å². The summed E-state index contributed by atoms with van der Waals surface area (Å²) >= 11 is 0. The Bertz CT molecular complexity index is 1060. The molecule has 1 heterocycles. The fourth-order valence-corrected chi connectivity index (χ4v) is 5.52. The maximum atomic E-state index is 6.59. The van der Waals surface area contributed by atoms with Crippen LogP contribution in [-0.2, 0) is 35.7 Å². The lowest BCUT2D eigenvalue weighted by Gasteiger charge is -2.42. The van der Waals surface area contributed by atoms with Crippen LogP contribution in [0.3, 0.4) is 0 Å². The zero-order chi connectivity index (χ0) is 27.6. The maximum Gasteiger partial charge on any atom is 0.0962 e. The van der Waals surface area contributed by atoms with Gasteiger partial charge < -0.3 is 9.47 Å². The Hall–Kier alpha value is -3.28. The van der Waals surface area contributed by atoms with E-state index in [0.29, 0.717) is 13.2 Å². The lowest BCUT2D eigenvalue weighted by atomic mass is 10.0. The molecule has 0 unspecified atom stereocenters. The van der Waals surface area contributed by atoms with Gasteiger partial charge in [0.2, 0.25) is 0 Å². The molecule has 4 aromatic rings.